The molecule has 1 atom stereocenters. The number of anilines is 2. The third-order valence-electron chi connectivity index (χ3n) is 5.71. The highest BCUT2D eigenvalue weighted by molar-refractivity contribution is 5.54. The number of hydrogen-bond acceptors (Lipinski definition) is 7. The normalized spacial score (nSPS) is 19.7. The van der Waals surface area contributed by atoms with Gasteiger partial charge >= 0.3 is 0 Å². The molecule has 2 aliphatic rings. The van der Waals surface area contributed by atoms with E-state index in [1.54, 1.807) is 18.5 Å². The molecule has 8 heteroatoms. The van der Waals surface area contributed by atoms with Gasteiger partial charge in [0.05, 0.1) is 5.92 Å². The Bertz CT molecular complexity index is 969. The van der Waals surface area contributed by atoms with E-state index in [9.17, 15) is 4.39 Å². The van der Waals surface area contributed by atoms with E-state index in [1.807, 2.05) is 0 Å². The minimum atomic E-state index is -0.279. The summed E-state index contributed by atoms with van der Waals surface area (Å²) in [4.78, 5) is 18.1. The van der Waals surface area contributed by atoms with E-state index in [4.69, 9.17) is 4.52 Å². The third-order valence-corrected chi connectivity index (χ3v) is 5.71. The van der Waals surface area contributed by atoms with Crippen LogP contribution in [0.15, 0.2) is 41.2 Å². The van der Waals surface area contributed by atoms with Crippen molar-refractivity contribution < 1.29 is 8.91 Å². The van der Waals surface area contributed by atoms with Crippen molar-refractivity contribution in [3.63, 3.8) is 0 Å². The van der Waals surface area contributed by atoms with Gasteiger partial charge in [-0.05, 0) is 49.9 Å². The Hall–Kier alpha value is -3.03. The zero-order valence-corrected chi connectivity index (χ0v) is 16.2. The van der Waals surface area contributed by atoms with Crippen LogP contribution >= 0.6 is 0 Å². The van der Waals surface area contributed by atoms with E-state index in [0.29, 0.717) is 11.7 Å². The lowest BCUT2D eigenvalue weighted by molar-refractivity contribution is 0.333. The van der Waals surface area contributed by atoms with Gasteiger partial charge in [-0.15, -0.1) is 0 Å². The van der Waals surface area contributed by atoms with E-state index < -0.39 is 0 Å². The number of benzene rings is 1. The quantitative estimate of drug-likeness (QED) is 0.669. The average Bonchev–Trinajstić information content (AvgIpc) is 3.47. The molecular formula is C21H23FN6O. The molecule has 2 aromatic heterocycles. The molecule has 0 radical (unpaired) electrons. The molecule has 29 heavy (non-hydrogen) atoms. The highest BCUT2D eigenvalue weighted by Gasteiger charge is 2.27. The zero-order valence-electron chi connectivity index (χ0n) is 16.2. The Morgan fingerprint density at radius 3 is 2.45 bits per heavy atom. The summed E-state index contributed by atoms with van der Waals surface area (Å²) < 4.78 is 18.7. The fourth-order valence-corrected chi connectivity index (χ4v) is 4.13. The van der Waals surface area contributed by atoms with Crippen LogP contribution < -0.4 is 9.80 Å². The molecule has 2 saturated heterocycles. The van der Waals surface area contributed by atoms with E-state index in [2.05, 4.69) is 36.0 Å². The molecule has 2 fully saturated rings. The van der Waals surface area contributed by atoms with Gasteiger partial charge < -0.3 is 14.3 Å². The van der Waals surface area contributed by atoms with Gasteiger partial charge in [0.25, 0.3) is 0 Å². The van der Waals surface area contributed by atoms with Crippen LogP contribution in [0.1, 0.15) is 37.5 Å². The Balaban J connectivity index is 1.32. The minimum absolute atomic E-state index is 0.149. The van der Waals surface area contributed by atoms with Crippen molar-refractivity contribution in [3.05, 3.63) is 48.4 Å². The first-order valence-corrected chi connectivity index (χ1v) is 10.2. The van der Waals surface area contributed by atoms with Crippen molar-refractivity contribution in [2.45, 2.75) is 31.6 Å². The molecule has 2 aliphatic heterocycles. The second-order valence-electron chi connectivity index (χ2n) is 7.68. The lowest BCUT2D eigenvalue weighted by atomic mass is 9.98. The van der Waals surface area contributed by atoms with E-state index >= 15 is 0 Å². The summed E-state index contributed by atoms with van der Waals surface area (Å²) in [5.41, 5.74) is 0.750. The zero-order chi connectivity index (χ0) is 19.6. The van der Waals surface area contributed by atoms with Gasteiger partial charge in [0.1, 0.15) is 23.8 Å². The monoisotopic (exact) mass is 394 g/mol. The Kier molecular flexibility index (Phi) is 4.83. The fraction of sp³-hybridized carbons (Fsp3) is 0.429. The predicted molar refractivity (Wildman–Crippen MR) is 107 cm³/mol. The van der Waals surface area contributed by atoms with Crippen molar-refractivity contribution in [2.75, 3.05) is 36.0 Å². The topological polar surface area (TPSA) is 71.2 Å². The van der Waals surface area contributed by atoms with Crippen LogP contribution in [0.4, 0.5) is 16.0 Å². The van der Waals surface area contributed by atoms with Gasteiger partial charge in [-0.2, -0.15) is 4.98 Å². The van der Waals surface area contributed by atoms with E-state index in [1.165, 1.54) is 25.0 Å². The number of hydrogen-bond donors (Lipinski definition) is 0. The standard InChI is InChI=1S/C21H23FN6O/c22-17-7-5-15(6-8-17)20-25-21(29-26-20)16-4-3-11-28(13-16)19-12-18(23-14-24-19)27-9-1-2-10-27/h5-8,12,14,16H,1-4,9-11,13H2. The van der Waals surface area contributed by atoms with Gasteiger partial charge in [-0.25, -0.2) is 14.4 Å². The molecule has 7 nitrogen and oxygen atoms in total. The first-order chi connectivity index (χ1) is 14.3. The number of nitrogens with zero attached hydrogens (tertiary/aromatic N) is 6. The summed E-state index contributed by atoms with van der Waals surface area (Å²) in [5, 5.41) is 4.10. The first kappa shape index (κ1) is 18.0. The van der Waals surface area contributed by atoms with Crippen LogP contribution in [0.3, 0.4) is 0 Å². The number of halogens is 1. The molecule has 150 valence electrons. The van der Waals surface area contributed by atoms with Gasteiger partial charge in [-0.1, -0.05) is 5.16 Å². The summed E-state index contributed by atoms with van der Waals surface area (Å²) in [6.07, 6.45) is 6.12. The van der Waals surface area contributed by atoms with Gasteiger partial charge in [0, 0.05) is 37.8 Å². The Morgan fingerprint density at radius 1 is 0.931 bits per heavy atom. The SMILES string of the molecule is Fc1ccc(-c2noc(C3CCCN(c4cc(N5CCCC5)ncn4)C3)n2)cc1. The largest absolute Gasteiger partial charge is 0.356 e. The van der Waals surface area contributed by atoms with Crippen molar-refractivity contribution in [1.82, 2.24) is 20.1 Å². The van der Waals surface area contributed by atoms with Crippen LogP contribution in [-0.2, 0) is 0 Å². The molecule has 1 unspecified atom stereocenters. The maximum absolute atomic E-state index is 13.1. The molecular weight excluding hydrogens is 371 g/mol. The van der Waals surface area contributed by atoms with Gasteiger partial charge in [0.2, 0.25) is 11.7 Å². The molecule has 0 N–H and O–H groups in total. The molecule has 0 bridgehead atoms. The van der Waals surface area contributed by atoms with E-state index in [-0.39, 0.29) is 11.7 Å². The fourth-order valence-electron chi connectivity index (χ4n) is 4.13. The Labute approximate surface area is 168 Å². The first-order valence-electron chi connectivity index (χ1n) is 10.2. The second-order valence-corrected chi connectivity index (χ2v) is 7.68. The van der Waals surface area contributed by atoms with E-state index in [0.717, 1.165) is 56.2 Å². The van der Waals surface area contributed by atoms with Crippen molar-refractivity contribution in [2.24, 2.45) is 0 Å². The molecule has 3 aromatic rings. The Morgan fingerprint density at radius 2 is 1.66 bits per heavy atom. The van der Waals surface area contributed by atoms with Gasteiger partial charge in [-0.3, -0.25) is 0 Å². The van der Waals surface area contributed by atoms with Crippen molar-refractivity contribution in [1.29, 1.82) is 0 Å². The predicted octanol–water partition coefficient (Wildman–Crippen LogP) is 3.65. The summed E-state index contributed by atoms with van der Waals surface area (Å²) in [7, 11) is 0. The summed E-state index contributed by atoms with van der Waals surface area (Å²) in [5.74, 6) is 2.95. The molecule has 0 aliphatic carbocycles. The molecule has 1 aromatic carbocycles. The minimum Gasteiger partial charge on any atom is -0.356 e. The maximum Gasteiger partial charge on any atom is 0.231 e. The maximum atomic E-state index is 13.1. The molecule has 5 rings (SSSR count). The number of aromatic nitrogens is 4. The van der Waals surface area contributed by atoms with Gasteiger partial charge in [0.15, 0.2) is 0 Å². The number of piperidine rings is 1. The van der Waals surface area contributed by atoms with Crippen LogP contribution in [0, 0.1) is 5.82 Å². The van der Waals surface area contributed by atoms with Crippen LogP contribution in [-0.4, -0.2) is 46.3 Å². The summed E-state index contributed by atoms with van der Waals surface area (Å²) in [6, 6.07) is 8.23. The number of rotatable bonds is 4. The molecule has 0 amide bonds. The highest BCUT2D eigenvalue weighted by atomic mass is 19.1. The molecule has 4 heterocycles. The van der Waals surface area contributed by atoms with Crippen molar-refractivity contribution >= 4 is 11.6 Å². The van der Waals surface area contributed by atoms with Crippen LogP contribution in [0.25, 0.3) is 11.4 Å². The smallest absolute Gasteiger partial charge is 0.231 e. The lowest BCUT2D eigenvalue weighted by Crippen LogP contribution is -2.35. The van der Waals surface area contributed by atoms with Crippen LogP contribution in [0.2, 0.25) is 0 Å². The average molecular weight is 394 g/mol. The third kappa shape index (κ3) is 3.79. The highest BCUT2D eigenvalue weighted by Crippen LogP contribution is 2.31. The molecule has 0 saturated carbocycles. The summed E-state index contributed by atoms with van der Waals surface area (Å²) in [6.45, 7) is 3.86. The second kappa shape index (κ2) is 7.77. The summed E-state index contributed by atoms with van der Waals surface area (Å²) >= 11 is 0. The van der Waals surface area contributed by atoms with Crippen LogP contribution in [0.5, 0.6) is 0 Å². The van der Waals surface area contributed by atoms with Crippen molar-refractivity contribution in [3.8, 4) is 11.4 Å². The lowest BCUT2D eigenvalue weighted by Gasteiger charge is -2.32. The molecule has 0 spiro atoms.